The van der Waals surface area contributed by atoms with Crippen LogP contribution in [0.1, 0.15) is 36.6 Å². The number of thiophene rings is 1. The summed E-state index contributed by atoms with van der Waals surface area (Å²) in [4.78, 5) is 0. The summed E-state index contributed by atoms with van der Waals surface area (Å²) in [5.41, 5.74) is 5.81. The van der Waals surface area contributed by atoms with E-state index in [0.29, 0.717) is 5.92 Å². The first-order valence-electron chi connectivity index (χ1n) is 7.09. The minimum absolute atomic E-state index is 0.466. The van der Waals surface area contributed by atoms with Gasteiger partial charge in [0.2, 0.25) is 0 Å². The third-order valence-electron chi connectivity index (χ3n) is 3.44. The first kappa shape index (κ1) is 13.8. The predicted molar refractivity (Wildman–Crippen MR) is 91.4 cm³/mol. The van der Waals surface area contributed by atoms with E-state index in [2.05, 4.69) is 77.3 Å². The molecule has 0 spiro atoms. The quantitative estimate of drug-likeness (QED) is 0.682. The van der Waals surface area contributed by atoms with Crippen molar-refractivity contribution in [2.75, 3.05) is 0 Å². The summed E-state index contributed by atoms with van der Waals surface area (Å²) in [7, 11) is 0. The molecule has 3 rings (SSSR count). The van der Waals surface area contributed by atoms with Crippen LogP contribution in [0.3, 0.4) is 0 Å². The zero-order chi connectivity index (χ0) is 14.7. The van der Waals surface area contributed by atoms with Gasteiger partial charge in [-0.05, 0) is 28.5 Å². The number of hydrogen-bond donors (Lipinski definition) is 1. The van der Waals surface area contributed by atoms with Crippen LogP contribution in [0.2, 0.25) is 0 Å². The van der Waals surface area contributed by atoms with Crippen LogP contribution in [-0.2, 0) is 0 Å². The van der Waals surface area contributed by atoms with E-state index in [1.54, 1.807) is 11.3 Å². The maximum Gasteiger partial charge on any atom is 0.0938 e. The summed E-state index contributed by atoms with van der Waals surface area (Å²) in [5.74, 6) is 0.466. The number of hydrogen-bond acceptors (Lipinski definition) is 2. The summed E-state index contributed by atoms with van der Waals surface area (Å²) in [5, 5.41) is 11.9. The number of benzene rings is 1. The molecule has 1 N–H and O–H groups in total. The molecule has 106 valence electrons. The summed E-state index contributed by atoms with van der Waals surface area (Å²) in [6.07, 6.45) is 4.30. The van der Waals surface area contributed by atoms with Crippen molar-refractivity contribution in [1.29, 1.82) is 0 Å². The lowest BCUT2D eigenvalue weighted by Crippen LogP contribution is -1.85. The molecule has 0 aliphatic heterocycles. The van der Waals surface area contributed by atoms with Crippen LogP contribution in [0.5, 0.6) is 0 Å². The fraction of sp³-hybridized carbons (Fsp3) is 0.167. The Kier molecular flexibility index (Phi) is 4.02. The van der Waals surface area contributed by atoms with Crippen molar-refractivity contribution < 1.29 is 0 Å². The van der Waals surface area contributed by atoms with Crippen molar-refractivity contribution in [3.05, 3.63) is 64.0 Å². The third kappa shape index (κ3) is 3.14. The topological polar surface area (TPSA) is 28.7 Å². The van der Waals surface area contributed by atoms with Crippen molar-refractivity contribution >= 4 is 23.5 Å². The van der Waals surface area contributed by atoms with Crippen LogP contribution in [0.25, 0.3) is 23.4 Å². The van der Waals surface area contributed by atoms with Gasteiger partial charge in [-0.3, -0.25) is 5.10 Å². The van der Waals surface area contributed by atoms with Gasteiger partial charge in [-0.2, -0.15) is 16.4 Å². The highest BCUT2D eigenvalue weighted by molar-refractivity contribution is 7.08. The fourth-order valence-electron chi connectivity index (χ4n) is 2.16. The van der Waals surface area contributed by atoms with Crippen LogP contribution in [-0.4, -0.2) is 10.2 Å². The van der Waals surface area contributed by atoms with E-state index in [9.17, 15) is 0 Å². The van der Waals surface area contributed by atoms with Crippen molar-refractivity contribution in [3.63, 3.8) is 0 Å². The number of H-pyrrole nitrogens is 1. The maximum atomic E-state index is 4.44. The number of rotatable bonds is 4. The summed E-state index contributed by atoms with van der Waals surface area (Å²) in [6, 6.07) is 12.5. The molecule has 0 fully saturated rings. The van der Waals surface area contributed by atoms with Crippen LogP contribution in [0.4, 0.5) is 0 Å². The van der Waals surface area contributed by atoms with E-state index < -0.39 is 0 Å². The molecule has 0 saturated heterocycles. The zero-order valence-electron chi connectivity index (χ0n) is 12.2. The van der Waals surface area contributed by atoms with E-state index >= 15 is 0 Å². The third-order valence-corrected chi connectivity index (χ3v) is 4.20. The van der Waals surface area contributed by atoms with E-state index in [-0.39, 0.29) is 0 Å². The average Bonchev–Trinajstić information content (AvgIpc) is 3.15. The molecule has 0 amide bonds. The van der Waals surface area contributed by atoms with Gasteiger partial charge >= 0.3 is 0 Å². The van der Waals surface area contributed by atoms with E-state index in [1.807, 2.05) is 6.07 Å². The van der Waals surface area contributed by atoms with E-state index in [0.717, 1.165) is 5.69 Å². The monoisotopic (exact) mass is 294 g/mol. The summed E-state index contributed by atoms with van der Waals surface area (Å²) < 4.78 is 0. The second-order valence-electron chi connectivity index (χ2n) is 5.35. The van der Waals surface area contributed by atoms with Crippen molar-refractivity contribution in [2.24, 2.45) is 0 Å². The lowest BCUT2D eigenvalue weighted by atomic mass is 10.1. The van der Waals surface area contributed by atoms with Gasteiger partial charge in [0, 0.05) is 16.6 Å². The minimum Gasteiger partial charge on any atom is -0.282 e. The molecular formula is C18H18N2S. The molecule has 3 aromatic rings. The highest BCUT2D eigenvalue weighted by Gasteiger charge is 2.10. The highest BCUT2D eigenvalue weighted by Crippen LogP contribution is 2.29. The lowest BCUT2D eigenvalue weighted by Gasteiger charge is -1.97. The summed E-state index contributed by atoms with van der Waals surface area (Å²) in [6.45, 7) is 4.34. The van der Waals surface area contributed by atoms with Gasteiger partial charge in [0.15, 0.2) is 0 Å². The number of nitrogens with one attached hydrogen (secondary N) is 1. The fourth-order valence-corrected chi connectivity index (χ4v) is 2.98. The van der Waals surface area contributed by atoms with Crippen LogP contribution in [0, 0.1) is 0 Å². The Hall–Kier alpha value is -2.13. The molecule has 0 bridgehead atoms. The van der Waals surface area contributed by atoms with E-state index in [4.69, 9.17) is 0 Å². The first-order valence-corrected chi connectivity index (χ1v) is 8.03. The number of aromatic nitrogens is 2. The average molecular weight is 294 g/mol. The Labute approximate surface area is 129 Å². The second kappa shape index (κ2) is 6.10. The molecule has 0 saturated carbocycles. The molecule has 21 heavy (non-hydrogen) atoms. The van der Waals surface area contributed by atoms with Gasteiger partial charge in [-0.1, -0.05) is 56.3 Å². The predicted octanol–water partition coefficient (Wildman–Crippen LogP) is 5.43. The largest absolute Gasteiger partial charge is 0.282 e. The van der Waals surface area contributed by atoms with Crippen LogP contribution in [0.15, 0.2) is 47.2 Å². The molecule has 1 aromatic carbocycles. The number of nitrogens with zero attached hydrogens (tertiary/aromatic N) is 1. The Morgan fingerprint density at radius 3 is 2.62 bits per heavy atom. The van der Waals surface area contributed by atoms with E-state index in [1.165, 1.54) is 22.4 Å². The Balaban J connectivity index is 1.88. The van der Waals surface area contributed by atoms with Gasteiger partial charge < -0.3 is 0 Å². The molecule has 2 heterocycles. The molecular weight excluding hydrogens is 276 g/mol. The van der Waals surface area contributed by atoms with Crippen molar-refractivity contribution in [3.8, 4) is 11.3 Å². The maximum absolute atomic E-state index is 4.44. The Bertz CT molecular complexity index is 735. The number of aromatic amines is 1. The Morgan fingerprint density at radius 2 is 1.90 bits per heavy atom. The van der Waals surface area contributed by atoms with Gasteiger partial charge in [-0.15, -0.1) is 0 Å². The van der Waals surface area contributed by atoms with Gasteiger partial charge in [-0.25, -0.2) is 0 Å². The molecule has 0 atom stereocenters. The molecule has 0 radical (unpaired) electrons. The van der Waals surface area contributed by atoms with Gasteiger partial charge in [0.25, 0.3) is 0 Å². The van der Waals surface area contributed by atoms with Gasteiger partial charge in [0.05, 0.1) is 5.69 Å². The normalized spacial score (nSPS) is 11.6. The van der Waals surface area contributed by atoms with Crippen molar-refractivity contribution in [2.45, 2.75) is 19.8 Å². The molecule has 0 aliphatic rings. The lowest BCUT2D eigenvalue weighted by molar-refractivity contribution is 0.811. The summed E-state index contributed by atoms with van der Waals surface area (Å²) >= 11 is 1.71. The molecule has 2 aromatic heterocycles. The molecule has 2 nitrogen and oxygen atoms in total. The van der Waals surface area contributed by atoms with Gasteiger partial charge in [0.1, 0.15) is 0 Å². The Morgan fingerprint density at radius 1 is 1.10 bits per heavy atom. The smallest absolute Gasteiger partial charge is 0.0938 e. The highest BCUT2D eigenvalue weighted by atomic mass is 32.1. The SMILES string of the molecule is CC(C)c1cc(-c2cscc2/C=C/c2ccccc2)n[nH]1. The molecule has 3 heteroatoms. The first-order chi connectivity index (χ1) is 10.2. The minimum atomic E-state index is 0.466. The van der Waals surface area contributed by atoms with Crippen LogP contribution >= 0.6 is 11.3 Å². The van der Waals surface area contributed by atoms with Crippen molar-refractivity contribution in [1.82, 2.24) is 10.2 Å². The molecule has 0 aliphatic carbocycles. The standard InChI is InChI=1S/C18H18N2S/c1-13(2)17-10-18(20-19-17)16-12-21-11-15(16)9-8-14-6-4-3-5-7-14/h3-13H,1-2H3,(H,19,20)/b9-8+. The molecule has 0 unspecified atom stereocenters. The second-order valence-corrected chi connectivity index (χ2v) is 6.09. The zero-order valence-corrected chi connectivity index (χ0v) is 13.0. The van der Waals surface area contributed by atoms with Crippen LogP contribution < -0.4 is 0 Å².